The quantitative estimate of drug-likeness (QED) is 0.685. The Kier molecular flexibility index (Phi) is 3.83. The van der Waals surface area contributed by atoms with E-state index < -0.39 is 14.9 Å². The Bertz CT molecular complexity index is 906. The topological polar surface area (TPSA) is 102 Å². The number of rotatable bonds is 4. The highest BCUT2D eigenvalue weighted by Crippen LogP contribution is 2.22. The van der Waals surface area contributed by atoms with E-state index in [0.717, 1.165) is 23.6 Å². The molecule has 3 rings (SSSR count). The molecule has 0 aliphatic heterocycles. The van der Waals surface area contributed by atoms with Crippen LogP contribution >= 0.6 is 0 Å². The summed E-state index contributed by atoms with van der Waals surface area (Å²) in [4.78, 5) is 12.1. The van der Waals surface area contributed by atoms with E-state index in [1.165, 1.54) is 18.2 Å². The van der Waals surface area contributed by atoms with Crippen LogP contribution in [0.25, 0.3) is 0 Å². The molecule has 23 heavy (non-hydrogen) atoms. The summed E-state index contributed by atoms with van der Waals surface area (Å²) in [6.45, 7) is 0. The molecule has 0 fully saturated rings. The lowest BCUT2D eigenvalue weighted by molar-refractivity contribution is -0.385. The minimum atomic E-state index is -3.95. The Morgan fingerprint density at radius 3 is 2.65 bits per heavy atom. The molecule has 0 amide bonds. The summed E-state index contributed by atoms with van der Waals surface area (Å²) in [5.41, 5.74) is 2.43. The van der Waals surface area contributed by atoms with E-state index in [2.05, 4.69) is 9.93 Å². The number of aryl methyl sites for hydroxylation is 1. The van der Waals surface area contributed by atoms with Crippen molar-refractivity contribution >= 4 is 21.4 Å². The van der Waals surface area contributed by atoms with Crippen molar-refractivity contribution in [3.05, 3.63) is 69.8 Å². The molecule has 1 aliphatic rings. The summed E-state index contributed by atoms with van der Waals surface area (Å²) in [5, 5.41) is 14.7. The molecule has 0 unspecified atom stereocenters. The molecule has 2 aromatic carbocycles. The Labute approximate surface area is 132 Å². The molecule has 0 radical (unpaired) electrons. The lowest BCUT2D eigenvalue weighted by Crippen LogP contribution is -2.20. The van der Waals surface area contributed by atoms with Gasteiger partial charge in [0.05, 0.1) is 15.5 Å². The Morgan fingerprint density at radius 2 is 1.87 bits per heavy atom. The first-order valence-electron chi connectivity index (χ1n) is 6.88. The van der Waals surface area contributed by atoms with E-state index in [-0.39, 0.29) is 10.6 Å². The number of hydrogen-bond acceptors (Lipinski definition) is 5. The number of nitrogens with zero attached hydrogens (tertiary/aromatic N) is 2. The molecule has 0 spiro atoms. The first-order valence-corrected chi connectivity index (χ1v) is 8.37. The van der Waals surface area contributed by atoms with E-state index in [0.29, 0.717) is 12.1 Å². The van der Waals surface area contributed by atoms with Crippen LogP contribution in [-0.2, 0) is 16.4 Å². The van der Waals surface area contributed by atoms with Crippen molar-refractivity contribution in [3.63, 3.8) is 0 Å². The zero-order chi connectivity index (χ0) is 16.4. The van der Waals surface area contributed by atoms with Crippen LogP contribution in [0.15, 0.2) is 58.5 Å². The van der Waals surface area contributed by atoms with Crippen molar-refractivity contribution < 1.29 is 13.3 Å². The van der Waals surface area contributed by atoms with E-state index in [1.807, 2.05) is 24.3 Å². The smallest absolute Gasteiger partial charge is 0.258 e. The fourth-order valence-electron chi connectivity index (χ4n) is 2.46. The molecule has 118 valence electrons. The van der Waals surface area contributed by atoms with Crippen molar-refractivity contribution in [1.82, 2.24) is 4.83 Å². The molecule has 1 aliphatic carbocycles. The lowest BCUT2D eigenvalue weighted by Gasteiger charge is -2.05. The van der Waals surface area contributed by atoms with Gasteiger partial charge in [-0.1, -0.05) is 30.3 Å². The minimum absolute atomic E-state index is 0.192. The molecule has 0 saturated heterocycles. The minimum Gasteiger partial charge on any atom is -0.258 e. The Balaban J connectivity index is 1.87. The summed E-state index contributed by atoms with van der Waals surface area (Å²) in [5.74, 6) is 0. The van der Waals surface area contributed by atoms with Crippen molar-refractivity contribution in [2.24, 2.45) is 5.10 Å². The molecule has 0 saturated carbocycles. The Morgan fingerprint density at radius 1 is 1.09 bits per heavy atom. The number of nitro groups is 1. The van der Waals surface area contributed by atoms with Gasteiger partial charge in [-0.2, -0.15) is 18.4 Å². The highest BCUT2D eigenvalue weighted by atomic mass is 32.2. The number of benzene rings is 2. The highest BCUT2D eigenvalue weighted by molar-refractivity contribution is 7.89. The van der Waals surface area contributed by atoms with Crippen LogP contribution in [0, 0.1) is 10.1 Å². The number of hydrogen-bond donors (Lipinski definition) is 1. The van der Waals surface area contributed by atoms with Gasteiger partial charge in [-0.05, 0) is 24.5 Å². The number of fused-ring (bicyclic) bond motifs is 1. The van der Waals surface area contributed by atoms with Gasteiger partial charge in [0.2, 0.25) is 0 Å². The summed E-state index contributed by atoms with van der Waals surface area (Å²) >= 11 is 0. The summed E-state index contributed by atoms with van der Waals surface area (Å²) in [7, 11) is -3.95. The van der Waals surface area contributed by atoms with E-state index in [1.54, 1.807) is 0 Å². The van der Waals surface area contributed by atoms with Gasteiger partial charge in [0.25, 0.3) is 15.7 Å². The normalized spacial score (nSPS) is 15.4. The fraction of sp³-hybridized carbons (Fsp3) is 0.133. The third-order valence-electron chi connectivity index (χ3n) is 3.60. The average Bonchev–Trinajstić information content (AvgIpc) is 2.96. The van der Waals surface area contributed by atoms with Crippen molar-refractivity contribution in [1.29, 1.82) is 0 Å². The number of nitro benzene ring substituents is 1. The molecule has 7 nitrogen and oxygen atoms in total. The van der Waals surface area contributed by atoms with E-state index >= 15 is 0 Å². The predicted molar refractivity (Wildman–Crippen MR) is 84.7 cm³/mol. The van der Waals surface area contributed by atoms with Crippen molar-refractivity contribution in [2.45, 2.75) is 17.7 Å². The van der Waals surface area contributed by atoms with Crippen molar-refractivity contribution in [2.75, 3.05) is 0 Å². The molecule has 0 heterocycles. The van der Waals surface area contributed by atoms with Gasteiger partial charge < -0.3 is 0 Å². The van der Waals surface area contributed by atoms with Gasteiger partial charge in [-0.3, -0.25) is 10.1 Å². The van der Waals surface area contributed by atoms with Crippen LogP contribution in [0.3, 0.4) is 0 Å². The van der Waals surface area contributed by atoms with Crippen LogP contribution in [-0.4, -0.2) is 19.1 Å². The molecular formula is C15H13N3O4S. The molecule has 2 aromatic rings. The van der Waals surface area contributed by atoms with E-state index in [4.69, 9.17) is 0 Å². The maximum Gasteiger partial charge on any atom is 0.276 e. The molecule has 0 bridgehead atoms. The van der Waals surface area contributed by atoms with Gasteiger partial charge >= 0.3 is 0 Å². The number of non-ortho nitro benzene ring substituents is 1. The van der Waals surface area contributed by atoms with Crippen LogP contribution < -0.4 is 4.83 Å². The second kappa shape index (κ2) is 5.81. The number of hydrazone groups is 1. The lowest BCUT2D eigenvalue weighted by atomic mass is 10.1. The fourth-order valence-corrected chi connectivity index (χ4v) is 3.33. The third-order valence-corrected chi connectivity index (χ3v) is 4.81. The summed E-state index contributed by atoms with van der Waals surface area (Å²) < 4.78 is 24.5. The molecule has 1 N–H and O–H groups in total. The van der Waals surface area contributed by atoms with Gasteiger partial charge in [0.1, 0.15) is 0 Å². The highest BCUT2D eigenvalue weighted by Gasteiger charge is 2.20. The summed E-state index contributed by atoms with van der Waals surface area (Å²) in [6, 6.07) is 12.5. The molecular weight excluding hydrogens is 318 g/mol. The number of sulfonamides is 1. The molecule has 8 heteroatoms. The average molecular weight is 331 g/mol. The van der Waals surface area contributed by atoms with Crippen molar-refractivity contribution in [3.8, 4) is 0 Å². The first-order chi connectivity index (χ1) is 11.0. The van der Waals surface area contributed by atoms with Crippen LogP contribution in [0.1, 0.15) is 17.5 Å². The van der Waals surface area contributed by atoms with Gasteiger partial charge in [0, 0.05) is 17.7 Å². The second-order valence-electron chi connectivity index (χ2n) is 5.06. The molecule has 0 atom stereocenters. The third kappa shape index (κ3) is 3.07. The maximum absolute atomic E-state index is 12.2. The van der Waals surface area contributed by atoms with Crippen LogP contribution in [0.2, 0.25) is 0 Å². The SMILES string of the molecule is O=[N+]([O-])c1cccc(S(=O)(=O)NN=C2CCc3ccccc32)c1. The number of nitrogens with one attached hydrogen (secondary N) is 1. The largest absolute Gasteiger partial charge is 0.276 e. The summed E-state index contributed by atoms with van der Waals surface area (Å²) in [6.07, 6.45) is 1.46. The monoisotopic (exact) mass is 331 g/mol. The maximum atomic E-state index is 12.2. The standard InChI is InChI=1S/C15H13N3O4S/c19-18(20)12-5-3-6-13(10-12)23(21,22)17-16-15-9-8-11-4-1-2-7-14(11)15/h1-7,10,17H,8-9H2. The zero-order valence-electron chi connectivity index (χ0n) is 12.0. The van der Waals surface area contributed by atoms with Crippen LogP contribution in [0.4, 0.5) is 5.69 Å². The first kappa shape index (κ1) is 15.2. The molecule has 0 aromatic heterocycles. The van der Waals surface area contributed by atoms with Gasteiger partial charge in [-0.15, -0.1) is 0 Å². The second-order valence-corrected chi connectivity index (χ2v) is 6.73. The van der Waals surface area contributed by atoms with Gasteiger partial charge in [-0.25, -0.2) is 0 Å². The van der Waals surface area contributed by atoms with Crippen LogP contribution in [0.5, 0.6) is 0 Å². The predicted octanol–water partition coefficient (Wildman–Crippen LogP) is 2.22. The van der Waals surface area contributed by atoms with Gasteiger partial charge in [0.15, 0.2) is 0 Å². The Hall–Kier alpha value is -2.74. The zero-order valence-corrected chi connectivity index (χ0v) is 12.8. The van der Waals surface area contributed by atoms with E-state index in [9.17, 15) is 18.5 Å².